The van der Waals surface area contributed by atoms with Gasteiger partial charge in [-0.2, -0.15) is 0 Å². The summed E-state index contributed by atoms with van der Waals surface area (Å²) >= 11 is 1.19. The van der Waals surface area contributed by atoms with Crippen LogP contribution in [0.3, 0.4) is 0 Å². The first kappa shape index (κ1) is 8.27. The van der Waals surface area contributed by atoms with Gasteiger partial charge in [-0.25, -0.2) is 0 Å². The Balaban J connectivity index is 2.28. The quantitative estimate of drug-likeness (QED) is 0.718. The molecule has 0 aliphatic rings. The van der Waals surface area contributed by atoms with E-state index in [0.29, 0.717) is 11.4 Å². The number of hydrogen-bond acceptors (Lipinski definition) is 6. The summed E-state index contributed by atoms with van der Waals surface area (Å²) in [5.41, 5.74) is 0.987. The molecule has 0 spiro atoms. The molecule has 1 N–H and O–H groups in total. The lowest BCUT2D eigenvalue weighted by atomic mass is 10.2. The second-order valence-corrected chi connectivity index (χ2v) is 3.16. The fourth-order valence-corrected chi connectivity index (χ4v) is 1.41. The third kappa shape index (κ3) is 1.56. The molecule has 0 aliphatic carbocycles. The van der Waals surface area contributed by atoms with Crippen molar-refractivity contribution < 1.29 is 5.11 Å². The van der Waals surface area contributed by atoms with E-state index in [4.69, 9.17) is 0 Å². The number of rotatable bonds is 2. The largest absolute Gasteiger partial charge is 0.380 e. The maximum Gasteiger partial charge on any atom is 0.144 e. The molecule has 6 nitrogen and oxygen atoms in total. The molecule has 1 atom stereocenters. The van der Waals surface area contributed by atoms with Gasteiger partial charge in [-0.1, -0.05) is 9.70 Å². The molecule has 13 heavy (non-hydrogen) atoms. The molecule has 7 heteroatoms. The maximum atomic E-state index is 9.68. The van der Waals surface area contributed by atoms with Crippen LogP contribution >= 0.6 is 11.5 Å². The lowest BCUT2D eigenvalue weighted by Gasteiger charge is -1.99. The van der Waals surface area contributed by atoms with E-state index in [9.17, 15) is 5.11 Å². The van der Waals surface area contributed by atoms with Crippen molar-refractivity contribution in [1.82, 2.24) is 24.6 Å². The Morgan fingerprint density at radius 3 is 2.85 bits per heavy atom. The summed E-state index contributed by atoms with van der Waals surface area (Å²) in [5.74, 6) is 0. The highest BCUT2D eigenvalue weighted by Crippen LogP contribution is 2.17. The fourth-order valence-electron chi connectivity index (χ4n) is 0.933. The van der Waals surface area contributed by atoms with Crippen LogP contribution in [-0.4, -0.2) is 29.7 Å². The van der Waals surface area contributed by atoms with Crippen LogP contribution in [0.5, 0.6) is 0 Å². The number of hydrogen-bond donors (Lipinski definition) is 1. The first-order valence-corrected chi connectivity index (χ1v) is 4.42. The average Bonchev–Trinajstić information content (AvgIpc) is 2.72. The van der Waals surface area contributed by atoms with Crippen LogP contribution in [0.2, 0.25) is 0 Å². The Bertz CT molecular complexity index is 383. The zero-order chi connectivity index (χ0) is 9.26. The summed E-state index contributed by atoms with van der Waals surface area (Å²) < 4.78 is 5.18. The van der Waals surface area contributed by atoms with Gasteiger partial charge in [0.25, 0.3) is 0 Å². The third-order valence-electron chi connectivity index (χ3n) is 1.56. The first-order chi connectivity index (χ1) is 6.27. The molecule has 0 aromatic carbocycles. The minimum Gasteiger partial charge on any atom is -0.380 e. The first-order valence-electron chi connectivity index (χ1n) is 3.58. The highest BCUT2D eigenvalue weighted by Gasteiger charge is 2.16. The van der Waals surface area contributed by atoms with E-state index in [1.165, 1.54) is 16.2 Å². The van der Waals surface area contributed by atoms with Crippen LogP contribution in [0, 0.1) is 0 Å². The molecular formula is C6H7N5OS. The van der Waals surface area contributed by atoms with Gasteiger partial charge in [0.1, 0.15) is 17.5 Å². The van der Waals surface area contributed by atoms with Gasteiger partial charge in [-0.3, -0.25) is 4.68 Å². The van der Waals surface area contributed by atoms with Crippen LogP contribution in [0.4, 0.5) is 0 Å². The Morgan fingerprint density at radius 2 is 2.31 bits per heavy atom. The molecule has 0 saturated heterocycles. The fraction of sp³-hybridized carbons (Fsp3) is 0.333. The molecule has 2 aromatic rings. The average molecular weight is 197 g/mol. The van der Waals surface area contributed by atoms with Crippen LogP contribution in [-0.2, 0) is 7.05 Å². The van der Waals surface area contributed by atoms with Gasteiger partial charge in [0.2, 0.25) is 0 Å². The summed E-state index contributed by atoms with van der Waals surface area (Å²) in [6, 6.07) is 0. The van der Waals surface area contributed by atoms with Crippen molar-refractivity contribution in [2.24, 2.45) is 7.05 Å². The van der Waals surface area contributed by atoms with E-state index in [0.717, 1.165) is 0 Å². The topological polar surface area (TPSA) is 76.7 Å². The highest BCUT2D eigenvalue weighted by molar-refractivity contribution is 7.03. The highest BCUT2D eigenvalue weighted by atomic mass is 32.1. The van der Waals surface area contributed by atoms with Crippen LogP contribution in [0.25, 0.3) is 0 Å². The number of aliphatic hydroxyl groups is 1. The summed E-state index contributed by atoms with van der Waals surface area (Å²) in [4.78, 5) is 0. The molecule has 0 radical (unpaired) electrons. The molecule has 0 aliphatic heterocycles. The summed E-state index contributed by atoms with van der Waals surface area (Å²) in [5, 5.41) is 22.6. The molecule has 0 saturated carbocycles. The van der Waals surface area contributed by atoms with E-state index >= 15 is 0 Å². The van der Waals surface area contributed by atoms with Crippen LogP contribution < -0.4 is 0 Å². The lowest BCUT2D eigenvalue weighted by molar-refractivity contribution is 0.210. The van der Waals surface area contributed by atoms with Gasteiger partial charge >= 0.3 is 0 Å². The summed E-state index contributed by atoms with van der Waals surface area (Å²) in [6.07, 6.45) is 0.816. The number of aryl methyl sites for hydroxylation is 1. The molecule has 2 heterocycles. The number of aliphatic hydroxyl groups excluding tert-OH is 1. The Hall–Kier alpha value is -1.34. The molecule has 1 unspecified atom stereocenters. The summed E-state index contributed by atoms with van der Waals surface area (Å²) in [7, 11) is 1.74. The second kappa shape index (κ2) is 3.19. The number of aromatic nitrogens is 5. The zero-order valence-electron chi connectivity index (χ0n) is 6.82. The molecular weight excluding hydrogens is 190 g/mol. The Morgan fingerprint density at radius 1 is 1.46 bits per heavy atom. The van der Waals surface area contributed by atoms with Crippen molar-refractivity contribution in [2.75, 3.05) is 0 Å². The van der Waals surface area contributed by atoms with Crippen molar-refractivity contribution in [3.63, 3.8) is 0 Å². The van der Waals surface area contributed by atoms with Crippen molar-refractivity contribution >= 4 is 11.5 Å². The molecule has 2 aromatic heterocycles. The molecule has 0 amide bonds. The van der Waals surface area contributed by atoms with Gasteiger partial charge in [0, 0.05) is 12.4 Å². The molecule has 0 fully saturated rings. The van der Waals surface area contributed by atoms with E-state index in [1.54, 1.807) is 18.6 Å². The van der Waals surface area contributed by atoms with E-state index in [2.05, 4.69) is 19.9 Å². The standard InChI is InChI=1S/C6H7N5OS/c1-11-2-4(7-9-11)6(12)5-3-13-10-8-5/h2-3,6,12H,1H3. The summed E-state index contributed by atoms with van der Waals surface area (Å²) in [6.45, 7) is 0. The lowest BCUT2D eigenvalue weighted by Crippen LogP contribution is -2.00. The second-order valence-electron chi connectivity index (χ2n) is 2.55. The maximum absolute atomic E-state index is 9.68. The number of nitrogens with zero attached hydrogens (tertiary/aromatic N) is 5. The van der Waals surface area contributed by atoms with Crippen molar-refractivity contribution in [3.05, 3.63) is 23.0 Å². The van der Waals surface area contributed by atoms with Crippen LogP contribution in [0.15, 0.2) is 11.6 Å². The van der Waals surface area contributed by atoms with Gasteiger partial charge in [-0.05, 0) is 11.5 Å². The monoisotopic (exact) mass is 197 g/mol. The van der Waals surface area contributed by atoms with Gasteiger partial charge < -0.3 is 5.11 Å². The van der Waals surface area contributed by atoms with Gasteiger partial charge in [-0.15, -0.1) is 10.2 Å². The van der Waals surface area contributed by atoms with Crippen molar-refractivity contribution in [3.8, 4) is 0 Å². The van der Waals surface area contributed by atoms with Crippen molar-refractivity contribution in [2.45, 2.75) is 6.10 Å². The van der Waals surface area contributed by atoms with E-state index < -0.39 is 6.10 Å². The smallest absolute Gasteiger partial charge is 0.144 e. The molecule has 2 rings (SSSR count). The predicted molar refractivity (Wildman–Crippen MR) is 45.0 cm³/mol. The van der Waals surface area contributed by atoms with Crippen LogP contribution in [0.1, 0.15) is 17.5 Å². The third-order valence-corrected chi connectivity index (χ3v) is 2.08. The molecule has 0 bridgehead atoms. The van der Waals surface area contributed by atoms with E-state index in [1.807, 2.05) is 0 Å². The minimum atomic E-state index is -0.826. The SMILES string of the molecule is Cn1cc(C(O)c2csnn2)nn1. The Kier molecular flexibility index (Phi) is 2.03. The Labute approximate surface area is 78.0 Å². The zero-order valence-corrected chi connectivity index (χ0v) is 7.64. The van der Waals surface area contributed by atoms with E-state index in [-0.39, 0.29) is 0 Å². The molecule has 68 valence electrons. The van der Waals surface area contributed by atoms with Crippen molar-refractivity contribution in [1.29, 1.82) is 0 Å². The minimum absolute atomic E-state index is 0.482. The van der Waals surface area contributed by atoms with Gasteiger partial charge in [0.05, 0.1) is 6.20 Å². The predicted octanol–water partition coefficient (Wildman–Crippen LogP) is -0.252. The van der Waals surface area contributed by atoms with Gasteiger partial charge in [0.15, 0.2) is 0 Å². The normalized spacial score (nSPS) is 13.1.